The van der Waals surface area contributed by atoms with Crippen LogP contribution in [0.2, 0.25) is 0 Å². The lowest BCUT2D eigenvalue weighted by Gasteiger charge is -2.03. The van der Waals surface area contributed by atoms with E-state index in [9.17, 15) is 0 Å². The third kappa shape index (κ3) is 5.00. The Kier molecular flexibility index (Phi) is 5.28. The van der Waals surface area contributed by atoms with Crippen LogP contribution in [0, 0.1) is 12.3 Å². The summed E-state index contributed by atoms with van der Waals surface area (Å²) in [6, 6.07) is 4.12. The largest absolute Gasteiger partial charge is 0.265 e. The van der Waals surface area contributed by atoms with Gasteiger partial charge >= 0.3 is 0 Å². The van der Waals surface area contributed by atoms with Crippen molar-refractivity contribution in [2.45, 2.75) is 39.5 Å². The lowest BCUT2D eigenvalue weighted by molar-refractivity contribution is 0.537. The maximum atomic E-state index is 3.99. The van der Waals surface area contributed by atoms with E-state index in [1.807, 2.05) is 12.4 Å². The predicted octanol–water partition coefficient (Wildman–Crippen LogP) is 3.85. The molecule has 0 unspecified atom stereocenters. The monoisotopic (exact) mass is 190 g/mol. The van der Waals surface area contributed by atoms with Crippen LogP contribution in [0.25, 0.3) is 0 Å². The summed E-state index contributed by atoms with van der Waals surface area (Å²) in [5.41, 5.74) is 1.30. The molecule has 1 heteroatoms. The lowest BCUT2D eigenvalue weighted by atomic mass is 10.0. The summed E-state index contributed by atoms with van der Waals surface area (Å²) in [5, 5.41) is 0. The third-order valence-corrected chi connectivity index (χ3v) is 2.32. The standard InChI is InChI=1S/C13H20N/c1-12(2)6-4-3-5-7-13-8-10-14-11-9-13/h7-12H,3-6H2,1-2H3. The zero-order valence-electron chi connectivity index (χ0n) is 9.24. The Hall–Kier alpha value is -0.850. The van der Waals surface area contributed by atoms with Crippen LogP contribution >= 0.6 is 0 Å². The van der Waals surface area contributed by atoms with Gasteiger partial charge in [-0.25, -0.2) is 0 Å². The van der Waals surface area contributed by atoms with E-state index in [1.165, 1.54) is 31.2 Å². The van der Waals surface area contributed by atoms with Crippen molar-refractivity contribution in [2.24, 2.45) is 5.92 Å². The third-order valence-electron chi connectivity index (χ3n) is 2.32. The first-order valence-corrected chi connectivity index (χ1v) is 5.52. The predicted molar refractivity (Wildman–Crippen MR) is 60.9 cm³/mol. The average Bonchev–Trinajstić information content (AvgIpc) is 2.18. The topological polar surface area (TPSA) is 12.9 Å². The first-order chi connectivity index (χ1) is 6.79. The van der Waals surface area contributed by atoms with Gasteiger partial charge in [0.2, 0.25) is 0 Å². The molecule has 0 fully saturated rings. The number of aromatic nitrogens is 1. The fourth-order valence-corrected chi connectivity index (χ4v) is 1.47. The second-order valence-corrected chi connectivity index (χ2v) is 4.16. The van der Waals surface area contributed by atoms with Crippen molar-refractivity contribution in [3.05, 3.63) is 36.5 Å². The molecule has 1 heterocycles. The van der Waals surface area contributed by atoms with Crippen molar-refractivity contribution < 1.29 is 0 Å². The summed E-state index contributed by atoms with van der Waals surface area (Å²) in [4.78, 5) is 3.99. The maximum Gasteiger partial charge on any atom is 0.0270 e. The number of nitrogens with zero attached hydrogens (tertiary/aromatic N) is 1. The Bertz CT molecular complexity index is 228. The molecular formula is C13H20N. The van der Waals surface area contributed by atoms with Crippen molar-refractivity contribution in [2.75, 3.05) is 0 Å². The number of unbranched alkanes of at least 4 members (excludes halogenated alkanes) is 2. The molecule has 0 bridgehead atoms. The quantitative estimate of drug-likeness (QED) is 0.621. The minimum atomic E-state index is 0.843. The van der Waals surface area contributed by atoms with Crippen LogP contribution in [0.3, 0.4) is 0 Å². The Labute approximate surface area is 87.6 Å². The van der Waals surface area contributed by atoms with Crippen LogP contribution in [0.5, 0.6) is 0 Å². The number of hydrogen-bond acceptors (Lipinski definition) is 1. The number of hydrogen-bond donors (Lipinski definition) is 0. The highest BCUT2D eigenvalue weighted by molar-refractivity contribution is 5.18. The van der Waals surface area contributed by atoms with Crippen LogP contribution in [-0.2, 0) is 0 Å². The van der Waals surface area contributed by atoms with Gasteiger partial charge < -0.3 is 0 Å². The van der Waals surface area contributed by atoms with Crippen LogP contribution in [0.15, 0.2) is 24.5 Å². The maximum absolute atomic E-state index is 3.99. The van der Waals surface area contributed by atoms with Crippen molar-refractivity contribution in [1.82, 2.24) is 4.98 Å². The van der Waals surface area contributed by atoms with E-state index in [0.29, 0.717) is 0 Å². The molecule has 0 spiro atoms. The molecule has 1 aromatic heterocycles. The summed E-state index contributed by atoms with van der Waals surface area (Å²) < 4.78 is 0. The molecule has 0 amide bonds. The Morgan fingerprint density at radius 1 is 1.21 bits per heavy atom. The van der Waals surface area contributed by atoms with E-state index in [1.54, 1.807) is 0 Å². The molecule has 1 aromatic rings. The van der Waals surface area contributed by atoms with Crippen LogP contribution in [0.4, 0.5) is 0 Å². The SMILES string of the molecule is CC(C)CCCC[CH]c1ccncc1. The van der Waals surface area contributed by atoms with E-state index in [-0.39, 0.29) is 0 Å². The van der Waals surface area contributed by atoms with Crippen LogP contribution < -0.4 is 0 Å². The summed E-state index contributed by atoms with van der Waals surface area (Å²) in [6.45, 7) is 4.57. The number of rotatable bonds is 6. The summed E-state index contributed by atoms with van der Waals surface area (Å²) in [5.74, 6) is 0.843. The first-order valence-electron chi connectivity index (χ1n) is 5.52. The zero-order chi connectivity index (χ0) is 10.2. The smallest absolute Gasteiger partial charge is 0.0270 e. The average molecular weight is 190 g/mol. The minimum Gasteiger partial charge on any atom is -0.265 e. The Morgan fingerprint density at radius 2 is 1.93 bits per heavy atom. The fraction of sp³-hybridized carbons (Fsp3) is 0.538. The highest BCUT2D eigenvalue weighted by Gasteiger charge is 1.95. The van der Waals surface area contributed by atoms with Gasteiger partial charge in [-0.3, -0.25) is 4.98 Å². The van der Waals surface area contributed by atoms with Gasteiger partial charge in [-0.2, -0.15) is 0 Å². The van der Waals surface area contributed by atoms with E-state index in [2.05, 4.69) is 37.4 Å². The van der Waals surface area contributed by atoms with E-state index >= 15 is 0 Å². The number of pyridine rings is 1. The Morgan fingerprint density at radius 3 is 2.57 bits per heavy atom. The molecular weight excluding hydrogens is 170 g/mol. The lowest BCUT2D eigenvalue weighted by Crippen LogP contribution is -1.88. The second kappa shape index (κ2) is 6.58. The van der Waals surface area contributed by atoms with Gasteiger partial charge in [0, 0.05) is 12.4 Å². The Balaban J connectivity index is 2.05. The van der Waals surface area contributed by atoms with Gasteiger partial charge in [0.15, 0.2) is 0 Å². The first kappa shape index (κ1) is 11.2. The normalized spacial score (nSPS) is 10.8. The molecule has 0 aliphatic rings. The van der Waals surface area contributed by atoms with Crippen LogP contribution in [-0.4, -0.2) is 4.98 Å². The van der Waals surface area contributed by atoms with Crippen LogP contribution in [0.1, 0.15) is 45.1 Å². The fourth-order valence-electron chi connectivity index (χ4n) is 1.47. The van der Waals surface area contributed by atoms with Gasteiger partial charge in [-0.05, 0) is 36.5 Å². The molecule has 0 saturated carbocycles. The van der Waals surface area contributed by atoms with Crippen molar-refractivity contribution >= 4 is 0 Å². The molecule has 0 atom stereocenters. The van der Waals surface area contributed by atoms with E-state index in [4.69, 9.17) is 0 Å². The highest BCUT2D eigenvalue weighted by atomic mass is 14.6. The molecule has 1 rings (SSSR count). The van der Waals surface area contributed by atoms with E-state index < -0.39 is 0 Å². The summed E-state index contributed by atoms with van der Waals surface area (Å²) >= 11 is 0. The van der Waals surface area contributed by atoms with Gasteiger partial charge in [0.1, 0.15) is 0 Å². The summed E-state index contributed by atoms with van der Waals surface area (Å²) in [6.07, 6.45) is 11.2. The molecule has 0 aliphatic carbocycles. The van der Waals surface area contributed by atoms with Gasteiger partial charge in [-0.15, -0.1) is 0 Å². The molecule has 0 aromatic carbocycles. The molecule has 14 heavy (non-hydrogen) atoms. The molecule has 0 N–H and O–H groups in total. The van der Waals surface area contributed by atoms with Crippen molar-refractivity contribution in [1.29, 1.82) is 0 Å². The molecule has 0 aliphatic heterocycles. The van der Waals surface area contributed by atoms with Gasteiger partial charge in [0.05, 0.1) is 0 Å². The zero-order valence-corrected chi connectivity index (χ0v) is 9.24. The van der Waals surface area contributed by atoms with E-state index in [0.717, 1.165) is 5.92 Å². The minimum absolute atomic E-state index is 0.843. The van der Waals surface area contributed by atoms with Gasteiger partial charge in [-0.1, -0.05) is 33.1 Å². The molecule has 1 radical (unpaired) electrons. The van der Waals surface area contributed by atoms with Gasteiger partial charge in [0.25, 0.3) is 0 Å². The van der Waals surface area contributed by atoms with Crippen molar-refractivity contribution in [3.8, 4) is 0 Å². The molecule has 1 nitrogen and oxygen atoms in total. The molecule has 77 valence electrons. The second-order valence-electron chi connectivity index (χ2n) is 4.16. The highest BCUT2D eigenvalue weighted by Crippen LogP contribution is 2.11. The molecule has 0 saturated heterocycles. The van der Waals surface area contributed by atoms with Crippen molar-refractivity contribution in [3.63, 3.8) is 0 Å². The summed E-state index contributed by atoms with van der Waals surface area (Å²) in [7, 11) is 0.